The zero-order chi connectivity index (χ0) is 16.8. The molecule has 1 saturated carbocycles. The third-order valence-corrected chi connectivity index (χ3v) is 4.70. The van der Waals surface area contributed by atoms with E-state index < -0.39 is 5.60 Å². The van der Waals surface area contributed by atoms with Crippen LogP contribution in [0.5, 0.6) is 0 Å². The molecule has 1 amide bonds. The van der Waals surface area contributed by atoms with Gasteiger partial charge in [0.05, 0.1) is 11.6 Å². The molecule has 2 fully saturated rings. The van der Waals surface area contributed by atoms with Crippen LogP contribution in [-0.2, 0) is 9.47 Å². The van der Waals surface area contributed by atoms with Gasteiger partial charge < -0.3 is 20.1 Å². The van der Waals surface area contributed by atoms with Crippen molar-refractivity contribution in [3.63, 3.8) is 0 Å². The highest BCUT2D eigenvalue weighted by Gasteiger charge is 2.59. The molecular formula is C17H32N2O3. The Morgan fingerprint density at radius 2 is 1.91 bits per heavy atom. The average molecular weight is 312 g/mol. The van der Waals surface area contributed by atoms with E-state index in [1.54, 1.807) is 0 Å². The zero-order valence-electron chi connectivity index (χ0n) is 15.1. The third kappa shape index (κ3) is 3.74. The Hall–Kier alpha value is -0.810. The van der Waals surface area contributed by atoms with Crippen molar-refractivity contribution in [2.45, 2.75) is 78.2 Å². The SMILES string of the molecule is CC(C)(CN[C@@H]1[C@H]2CCO[C@H]2C1(C)C)NC(=O)OC(C)(C)C. The normalized spacial score (nSPS) is 30.4. The summed E-state index contributed by atoms with van der Waals surface area (Å²) in [6.07, 6.45) is 1.15. The third-order valence-electron chi connectivity index (χ3n) is 4.70. The lowest BCUT2D eigenvalue weighted by molar-refractivity contribution is -0.113. The molecule has 0 spiro atoms. The molecule has 2 rings (SSSR count). The molecule has 2 N–H and O–H groups in total. The van der Waals surface area contributed by atoms with Gasteiger partial charge in [0.25, 0.3) is 0 Å². The number of ether oxygens (including phenoxy) is 2. The number of carbonyl (C=O) groups is 1. The lowest BCUT2D eigenvalue weighted by atomic mass is 9.57. The Labute approximate surface area is 134 Å². The van der Waals surface area contributed by atoms with Crippen LogP contribution in [0.1, 0.15) is 54.9 Å². The first-order valence-electron chi connectivity index (χ1n) is 8.28. The van der Waals surface area contributed by atoms with Crippen LogP contribution in [0.25, 0.3) is 0 Å². The summed E-state index contributed by atoms with van der Waals surface area (Å²) >= 11 is 0. The molecule has 3 atom stereocenters. The summed E-state index contributed by atoms with van der Waals surface area (Å²) < 4.78 is 11.2. The number of hydrogen-bond donors (Lipinski definition) is 2. The minimum atomic E-state index is -0.474. The standard InChI is InChI=1S/C17H32N2O3/c1-15(2,3)22-14(20)19-16(4,5)10-18-12-11-8-9-21-13(11)17(12,6)7/h11-13,18H,8-10H2,1-7H3,(H,19,20)/t11-,12-,13-/m1/s1. The number of nitrogens with one attached hydrogen (secondary N) is 2. The van der Waals surface area contributed by atoms with Gasteiger partial charge in [-0.3, -0.25) is 0 Å². The van der Waals surface area contributed by atoms with E-state index in [1.807, 2.05) is 34.6 Å². The predicted octanol–water partition coefficient (Wildman–Crippen LogP) is 2.69. The van der Waals surface area contributed by atoms with E-state index in [0.717, 1.165) is 13.0 Å². The van der Waals surface area contributed by atoms with Gasteiger partial charge >= 0.3 is 6.09 Å². The van der Waals surface area contributed by atoms with Crippen molar-refractivity contribution in [2.75, 3.05) is 13.2 Å². The summed E-state index contributed by atoms with van der Waals surface area (Å²) in [4.78, 5) is 11.9. The second-order valence-corrected chi connectivity index (χ2v) is 8.93. The molecule has 0 aromatic heterocycles. The van der Waals surface area contributed by atoms with Crippen LogP contribution in [0, 0.1) is 11.3 Å². The maximum Gasteiger partial charge on any atom is 0.408 e. The fourth-order valence-electron chi connectivity index (χ4n) is 3.73. The fraction of sp³-hybridized carbons (Fsp3) is 0.941. The van der Waals surface area contributed by atoms with Crippen molar-refractivity contribution in [1.29, 1.82) is 0 Å². The predicted molar refractivity (Wildman–Crippen MR) is 86.9 cm³/mol. The van der Waals surface area contributed by atoms with Gasteiger partial charge in [-0.15, -0.1) is 0 Å². The highest BCUT2D eigenvalue weighted by molar-refractivity contribution is 5.68. The summed E-state index contributed by atoms with van der Waals surface area (Å²) in [6, 6.07) is 0.444. The van der Waals surface area contributed by atoms with Crippen molar-refractivity contribution in [3.8, 4) is 0 Å². The molecule has 1 heterocycles. The summed E-state index contributed by atoms with van der Waals surface area (Å²) in [5, 5.41) is 6.59. The van der Waals surface area contributed by atoms with Crippen LogP contribution in [0.2, 0.25) is 0 Å². The van der Waals surface area contributed by atoms with Gasteiger partial charge in [0.2, 0.25) is 0 Å². The molecule has 128 valence electrons. The van der Waals surface area contributed by atoms with Crippen LogP contribution in [0.4, 0.5) is 4.79 Å². The molecule has 22 heavy (non-hydrogen) atoms. The zero-order valence-corrected chi connectivity index (χ0v) is 15.1. The van der Waals surface area contributed by atoms with Crippen LogP contribution in [0.3, 0.4) is 0 Å². The van der Waals surface area contributed by atoms with Crippen molar-refractivity contribution < 1.29 is 14.3 Å². The van der Waals surface area contributed by atoms with Gasteiger partial charge in [0.15, 0.2) is 0 Å². The van der Waals surface area contributed by atoms with Gasteiger partial charge in [0, 0.05) is 30.5 Å². The van der Waals surface area contributed by atoms with E-state index in [2.05, 4.69) is 24.5 Å². The number of carbonyl (C=O) groups excluding carboxylic acids is 1. The van der Waals surface area contributed by atoms with E-state index in [-0.39, 0.29) is 17.0 Å². The maximum absolute atomic E-state index is 11.9. The van der Waals surface area contributed by atoms with E-state index in [9.17, 15) is 4.79 Å². The molecular weight excluding hydrogens is 280 g/mol. The van der Waals surface area contributed by atoms with Gasteiger partial charge in [-0.2, -0.15) is 0 Å². The highest BCUT2D eigenvalue weighted by atomic mass is 16.6. The minimum absolute atomic E-state index is 0.156. The second kappa shape index (κ2) is 5.68. The van der Waals surface area contributed by atoms with Crippen LogP contribution in [-0.4, -0.2) is 42.5 Å². The average Bonchev–Trinajstić information content (AvgIpc) is 2.71. The van der Waals surface area contributed by atoms with Gasteiger partial charge in [-0.25, -0.2) is 4.79 Å². The molecule has 0 aromatic rings. The molecule has 5 heteroatoms. The summed E-state index contributed by atoms with van der Waals surface area (Å²) in [5.74, 6) is 0.604. The Kier molecular flexibility index (Phi) is 4.53. The molecule has 5 nitrogen and oxygen atoms in total. The maximum atomic E-state index is 11.9. The Balaban J connectivity index is 1.84. The Bertz CT molecular complexity index is 426. The van der Waals surface area contributed by atoms with Crippen LogP contribution < -0.4 is 10.6 Å². The summed E-state index contributed by atoms with van der Waals surface area (Å²) in [7, 11) is 0. The van der Waals surface area contributed by atoms with Gasteiger partial charge in [0.1, 0.15) is 5.60 Å². The summed E-state index contributed by atoms with van der Waals surface area (Å²) in [5.41, 5.74) is -0.676. The molecule has 0 bridgehead atoms. The molecule has 1 saturated heterocycles. The molecule has 2 aliphatic rings. The minimum Gasteiger partial charge on any atom is -0.444 e. The van der Waals surface area contributed by atoms with Crippen LogP contribution in [0.15, 0.2) is 0 Å². The molecule has 1 aliphatic carbocycles. The topological polar surface area (TPSA) is 59.6 Å². The van der Waals surface area contributed by atoms with Crippen molar-refractivity contribution in [2.24, 2.45) is 11.3 Å². The van der Waals surface area contributed by atoms with Crippen molar-refractivity contribution in [3.05, 3.63) is 0 Å². The number of rotatable bonds is 4. The summed E-state index contributed by atoms with van der Waals surface area (Å²) in [6.45, 7) is 15.7. The first-order valence-corrected chi connectivity index (χ1v) is 8.28. The van der Waals surface area contributed by atoms with E-state index in [4.69, 9.17) is 9.47 Å². The first-order chi connectivity index (χ1) is 9.92. The molecule has 1 aliphatic heterocycles. The largest absolute Gasteiger partial charge is 0.444 e. The number of amides is 1. The highest BCUT2D eigenvalue weighted by Crippen LogP contribution is 2.52. The Morgan fingerprint density at radius 1 is 1.27 bits per heavy atom. The van der Waals surface area contributed by atoms with Crippen molar-refractivity contribution >= 4 is 6.09 Å². The number of hydrogen-bond acceptors (Lipinski definition) is 4. The fourth-order valence-corrected chi connectivity index (χ4v) is 3.73. The molecule has 0 radical (unpaired) electrons. The quantitative estimate of drug-likeness (QED) is 0.838. The van der Waals surface area contributed by atoms with E-state index in [1.165, 1.54) is 0 Å². The Morgan fingerprint density at radius 3 is 2.50 bits per heavy atom. The van der Waals surface area contributed by atoms with Crippen molar-refractivity contribution in [1.82, 2.24) is 10.6 Å². The molecule has 0 unspecified atom stereocenters. The van der Waals surface area contributed by atoms with Crippen LogP contribution >= 0.6 is 0 Å². The number of fused-ring (bicyclic) bond motifs is 1. The number of alkyl carbamates (subject to hydrolysis) is 1. The first kappa shape index (κ1) is 17.5. The van der Waals surface area contributed by atoms with E-state index in [0.29, 0.717) is 24.6 Å². The molecule has 0 aromatic carbocycles. The lowest BCUT2D eigenvalue weighted by Crippen LogP contribution is -2.68. The smallest absolute Gasteiger partial charge is 0.408 e. The monoisotopic (exact) mass is 312 g/mol. The van der Waals surface area contributed by atoms with E-state index >= 15 is 0 Å². The van der Waals surface area contributed by atoms with Gasteiger partial charge in [-0.1, -0.05) is 13.8 Å². The lowest BCUT2D eigenvalue weighted by Gasteiger charge is -2.55. The second-order valence-electron chi connectivity index (χ2n) is 8.93. The van der Waals surface area contributed by atoms with Gasteiger partial charge in [-0.05, 0) is 41.0 Å².